The number of amides is 1. The van der Waals surface area contributed by atoms with Gasteiger partial charge in [-0.05, 0) is 51.5 Å². The van der Waals surface area contributed by atoms with E-state index in [0.717, 1.165) is 15.7 Å². The van der Waals surface area contributed by atoms with Crippen molar-refractivity contribution in [2.45, 2.75) is 39.7 Å². The lowest BCUT2D eigenvalue weighted by Gasteiger charge is -2.19. The fraction of sp³-hybridized carbons (Fsp3) is 0.368. The lowest BCUT2D eigenvalue weighted by atomic mass is 10.1. The van der Waals surface area contributed by atoms with Crippen molar-refractivity contribution in [3.05, 3.63) is 44.8 Å². The largest absolute Gasteiger partial charge is 0.355 e. The predicted molar refractivity (Wildman–Crippen MR) is 114 cm³/mol. The first-order valence-electron chi connectivity index (χ1n) is 8.93. The fourth-order valence-corrected chi connectivity index (χ4v) is 3.24. The van der Waals surface area contributed by atoms with Crippen molar-refractivity contribution in [2.75, 3.05) is 17.2 Å². The standard InChI is InChI=1S/C19H23BrN6O2/c1-11-9-12(20)5-6-14(11)23-15(27)7-8-21-18-24-16-13(17(28)25-18)10-22-26(16)19(2,3)4/h5-6,9-10H,7-8H2,1-4H3,(H,23,27)(H2,21,24,25,28). The highest BCUT2D eigenvalue weighted by molar-refractivity contribution is 9.10. The third kappa shape index (κ3) is 4.41. The minimum absolute atomic E-state index is 0.124. The molecule has 3 rings (SSSR count). The van der Waals surface area contributed by atoms with Crippen molar-refractivity contribution >= 4 is 44.5 Å². The molecular weight excluding hydrogens is 424 g/mol. The predicted octanol–water partition coefficient (Wildman–Crippen LogP) is 3.39. The van der Waals surface area contributed by atoms with Crippen molar-refractivity contribution in [1.29, 1.82) is 0 Å². The molecule has 0 fully saturated rings. The summed E-state index contributed by atoms with van der Waals surface area (Å²) >= 11 is 3.40. The summed E-state index contributed by atoms with van der Waals surface area (Å²) in [6.07, 6.45) is 1.75. The number of hydrogen-bond donors (Lipinski definition) is 3. The molecule has 1 aromatic carbocycles. The van der Waals surface area contributed by atoms with Crippen LogP contribution < -0.4 is 16.2 Å². The summed E-state index contributed by atoms with van der Waals surface area (Å²) in [5.41, 5.74) is 1.69. The van der Waals surface area contributed by atoms with Gasteiger partial charge in [-0.3, -0.25) is 14.6 Å². The minimum Gasteiger partial charge on any atom is -0.355 e. The van der Waals surface area contributed by atoms with Gasteiger partial charge in [-0.1, -0.05) is 15.9 Å². The molecule has 2 heterocycles. The Bertz CT molecular complexity index is 1080. The van der Waals surface area contributed by atoms with E-state index in [0.29, 0.717) is 23.5 Å². The van der Waals surface area contributed by atoms with E-state index in [4.69, 9.17) is 0 Å². The summed E-state index contributed by atoms with van der Waals surface area (Å²) in [6, 6.07) is 5.67. The lowest BCUT2D eigenvalue weighted by Crippen LogP contribution is -2.24. The highest BCUT2D eigenvalue weighted by Gasteiger charge is 2.19. The average molecular weight is 447 g/mol. The number of aromatic nitrogens is 4. The molecule has 28 heavy (non-hydrogen) atoms. The summed E-state index contributed by atoms with van der Waals surface area (Å²) < 4.78 is 2.68. The van der Waals surface area contributed by atoms with Crippen molar-refractivity contribution in [1.82, 2.24) is 19.7 Å². The maximum atomic E-state index is 12.3. The maximum Gasteiger partial charge on any atom is 0.263 e. The normalized spacial score (nSPS) is 11.6. The van der Waals surface area contributed by atoms with Crippen molar-refractivity contribution < 1.29 is 4.79 Å². The summed E-state index contributed by atoms with van der Waals surface area (Å²) in [5, 5.41) is 10.6. The van der Waals surface area contributed by atoms with Gasteiger partial charge in [-0.15, -0.1) is 0 Å². The molecule has 2 aromatic heterocycles. The molecule has 0 saturated heterocycles. The van der Waals surface area contributed by atoms with Gasteiger partial charge >= 0.3 is 0 Å². The third-order valence-corrected chi connectivity index (χ3v) is 4.67. The number of carbonyl (C=O) groups excluding carboxylic acids is 1. The van der Waals surface area contributed by atoms with Crippen LogP contribution in [0.5, 0.6) is 0 Å². The summed E-state index contributed by atoms with van der Waals surface area (Å²) in [4.78, 5) is 31.6. The second-order valence-corrected chi connectivity index (χ2v) is 8.48. The summed E-state index contributed by atoms with van der Waals surface area (Å²) in [6.45, 7) is 8.23. The number of anilines is 2. The molecule has 0 aliphatic rings. The molecule has 0 saturated carbocycles. The molecule has 0 unspecified atom stereocenters. The number of nitrogens with one attached hydrogen (secondary N) is 3. The fourth-order valence-electron chi connectivity index (χ4n) is 2.77. The molecule has 0 spiro atoms. The number of H-pyrrole nitrogens is 1. The first-order chi connectivity index (χ1) is 13.1. The van der Waals surface area contributed by atoms with Crippen LogP contribution in [0.1, 0.15) is 32.8 Å². The van der Waals surface area contributed by atoms with Crippen LogP contribution in [0.15, 0.2) is 33.7 Å². The van der Waals surface area contributed by atoms with Crippen LogP contribution in [0.4, 0.5) is 11.6 Å². The molecule has 0 aliphatic heterocycles. The van der Waals surface area contributed by atoms with E-state index in [2.05, 4.69) is 41.6 Å². The number of carbonyl (C=O) groups is 1. The number of aryl methyl sites for hydroxylation is 1. The Kier molecular flexibility index (Phi) is 5.55. The van der Waals surface area contributed by atoms with Crippen molar-refractivity contribution in [3.63, 3.8) is 0 Å². The van der Waals surface area contributed by atoms with Gasteiger partial charge in [0.2, 0.25) is 11.9 Å². The first kappa shape index (κ1) is 20.1. The van der Waals surface area contributed by atoms with Gasteiger partial charge in [0.25, 0.3) is 5.56 Å². The minimum atomic E-state index is -0.303. The molecule has 0 radical (unpaired) electrons. The molecular formula is C19H23BrN6O2. The zero-order valence-corrected chi connectivity index (χ0v) is 17.8. The monoisotopic (exact) mass is 446 g/mol. The number of fused-ring (bicyclic) bond motifs is 1. The van der Waals surface area contributed by atoms with E-state index in [1.807, 2.05) is 45.9 Å². The number of aromatic amines is 1. The molecule has 0 bridgehead atoms. The zero-order chi connectivity index (χ0) is 20.5. The van der Waals surface area contributed by atoms with Crippen LogP contribution in [-0.4, -0.2) is 32.2 Å². The molecule has 148 valence electrons. The molecule has 0 atom stereocenters. The molecule has 1 amide bonds. The second kappa shape index (κ2) is 7.75. The molecule has 3 aromatic rings. The molecule has 3 N–H and O–H groups in total. The van der Waals surface area contributed by atoms with Crippen LogP contribution in [0.25, 0.3) is 11.0 Å². The van der Waals surface area contributed by atoms with Crippen LogP contribution in [0.2, 0.25) is 0 Å². The van der Waals surface area contributed by atoms with Gasteiger partial charge in [-0.2, -0.15) is 10.1 Å². The molecule has 0 aliphatic carbocycles. The third-order valence-electron chi connectivity index (χ3n) is 4.18. The van der Waals surface area contributed by atoms with Gasteiger partial charge in [0.1, 0.15) is 5.39 Å². The Morgan fingerprint density at radius 1 is 1.32 bits per heavy atom. The Balaban J connectivity index is 1.66. The highest BCUT2D eigenvalue weighted by atomic mass is 79.9. The molecule has 9 heteroatoms. The topological polar surface area (TPSA) is 105 Å². The van der Waals surface area contributed by atoms with Gasteiger partial charge in [0.05, 0.1) is 11.7 Å². The zero-order valence-electron chi connectivity index (χ0n) is 16.3. The van der Waals surface area contributed by atoms with E-state index in [9.17, 15) is 9.59 Å². The van der Waals surface area contributed by atoms with E-state index in [-0.39, 0.29) is 23.4 Å². The van der Waals surface area contributed by atoms with E-state index in [1.54, 1.807) is 4.68 Å². The SMILES string of the molecule is Cc1cc(Br)ccc1NC(=O)CCNc1nc2c(cnn2C(C)(C)C)c(=O)[nH]1. The molecule has 8 nitrogen and oxygen atoms in total. The maximum absolute atomic E-state index is 12.3. The Hall–Kier alpha value is -2.68. The Labute approximate surface area is 170 Å². The van der Waals surface area contributed by atoms with Gasteiger partial charge < -0.3 is 10.6 Å². The van der Waals surface area contributed by atoms with Gasteiger partial charge in [-0.25, -0.2) is 4.68 Å². The summed E-state index contributed by atoms with van der Waals surface area (Å²) in [5.74, 6) is 0.192. The van der Waals surface area contributed by atoms with E-state index < -0.39 is 0 Å². The number of benzene rings is 1. The summed E-state index contributed by atoms with van der Waals surface area (Å²) in [7, 11) is 0. The highest BCUT2D eigenvalue weighted by Crippen LogP contribution is 2.20. The number of hydrogen-bond acceptors (Lipinski definition) is 5. The van der Waals surface area contributed by atoms with E-state index in [1.165, 1.54) is 6.20 Å². The van der Waals surface area contributed by atoms with Crippen molar-refractivity contribution in [3.8, 4) is 0 Å². The quantitative estimate of drug-likeness (QED) is 0.556. The lowest BCUT2D eigenvalue weighted by molar-refractivity contribution is -0.115. The Morgan fingerprint density at radius 2 is 2.07 bits per heavy atom. The second-order valence-electron chi connectivity index (χ2n) is 7.56. The van der Waals surface area contributed by atoms with Gasteiger partial charge in [0, 0.05) is 23.1 Å². The van der Waals surface area contributed by atoms with Crippen LogP contribution in [0.3, 0.4) is 0 Å². The smallest absolute Gasteiger partial charge is 0.263 e. The Morgan fingerprint density at radius 3 is 2.75 bits per heavy atom. The van der Waals surface area contributed by atoms with Gasteiger partial charge in [0.15, 0.2) is 5.65 Å². The average Bonchev–Trinajstić information content (AvgIpc) is 3.02. The number of halogens is 1. The number of rotatable bonds is 5. The first-order valence-corrected chi connectivity index (χ1v) is 9.73. The van der Waals surface area contributed by atoms with E-state index >= 15 is 0 Å². The number of nitrogens with zero attached hydrogens (tertiary/aromatic N) is 3. The van der Waals surface area contributed by atoms with Crippen molar-refractivity contribution in [2.24, 2.45) is 0 Å². The van der Waals surface area contributed by atoms with Crippen LogP contribution in [-0.2, 0) is 10.3 Å². The van der Waals surface area contributed by atoms with Crippen LogP contribution in [0, 0.1) is 6.92 Å². The van der Waals surface area contributed by atoms with Crippen LogP contribution >= 0.6 is 15.9 Å².